The van der Waals surface area contributed by atoms with Gasteiger partial charge in [0, 0.05) is 0 Å². The second-order valence-corrected chi connectivity index (χ2v) is 9.56. The maximum Gasteiger partial charge on any atom is 0.492 e. The summed E-state index contributed by atoms with van der Waals surface area (Å²) in [5.74, 6) is -0.889. The molecule has 0 radical (unpaired) electrons. The van der Waals surface area contributed by atoms with E-state index in [9.17, 15) is 31.0 Å². The van der Waals surface area contributed by atoms with Crippen molar-refractivity contribution in [3.05, 3.63) is 70.5 Å². The summed E-state index contributed by atoms with van der Waals surface area (Å²) in [6.45, 7) is -0.896. The predicted octanol–water partition coefficient (Wildman–Crippen LogP) is 4.82. The first-order valence-corrected chi connectivity index (χ1v) is 11.5. The van der Waals surface area contributed by atoms with Gasteiger partial charge in [0.15, 0.2) is 0 Å². The second kappa shape index (κ2) is 9.82. The molecule has 3 rings (SSSR count). The molecule has 0 spiro atoms. The fourth-order valence-electron chi connectivity index (χ4n) is 3.46. The third kappa shape index (κ3) is 5.74. The van der Waals surface area contributed by atoms with E-state index in [1.54, 1.807) is 30.3 Å². The molecule has 1 fully saturated rings. The Hall–Kier alpha value is -2.44. The van der Waals surface area contributed by atoms with Gasteiger partial charge in [-0.15, -0.1) is 0 Å². The molecule has 4 atom stereocenters. The standard InChI is InChI=1S/C20H19ClF5N3O3S/c21-14-8-4-7-13(17(14)23)9-16-18(28-33(27,31)20(24,25)26)15(22)10-29(16)19(30)32-11-12-5-2-1-3-6-12/h1-8,15-16,18H,9-11H2,(H2,27,28,31)/t15-,16-,18-,33?/m0/s1. The number of likely N-dealkylation sites (tertiary alicyclic amines) is 1. The average Bonchev–Trinajstić information content (AvgIpc) is 3.04. The maximum absolute atomic E-state index is 14.8. The lowest BCUT2D eigenvalue weighted by atomic mass is 10.00. The van der Waals surface area contributed by atoms with E-state index in [2.05, 4.69) is 0 Å². The van der Waals surface area contributed by atoms with Crippen molar-refractivity contribution < 1.29 is 35.7 Å². The molecule has 0 aromatic heterocycles. The molecule has 1 aliphatic heterocycles. The van der Waals surface area contributed by atoms with E-state index in [-0.39, 0.29) is 17.2 Å². The van der Waals surface area contributed by atoms with Gasteiger partial charge >= 0.3 is 11.6 Å². The van der Waals surface area contributed by atoms with Crippen LogP contribution in [0.4, 0.5) is 26.7 Å². The first-order chi connectivity index (χ1) is 15.4. The molecular weight excluding hydrogens is 493 g/mol. The largest absolute Gasteiger partial charge is 0.492 e. The van der Waals surface area contributed by atoms with Crippen molar-refractivity contribution in [3.63, 3.8) is 0 Å². The molecule has 2 aromatic rings. The van der Waals surface area contributed by atoms with Crippen LogP contribution in [-0.2, 0) is 27.7 Å². The number of halogens is 6. The summed E-state index contributed by atoms with van der Waals surface area (Å²) in [4.78, 5) is 13.5. The number of alkyl halides is 4. The Bertz CT molecular complexity index is 1100. The summed E-state index contributed by atoms with van der Waals surface area (Å²) in [5.41, 5.74) is -4.97. The molecule has 0 aliphatic carbocycles. The Morgan fingerprint density at radius 3 is 2.52 bits per heavy atom. The topological polar surface area (TPSA) is 82.5 Å². The minimum Gasteiger partial charge on any atom is -0.445 e. The molecule has 0 bridgehead atoms. The van der Waals surface area contributed by atoms with Crippen LogP contribution >= 0.6 is 11.6 Å². The van der Waals surface area contributed by atoms with E-state index in [0.29, 0.717) is 5.56 Å². The van der Waals surface area contributed by atoms with Crippen LogP contribution in [0.2, 0.25) is 5.02 Å². The van der Waals surface area contributed by atoms with Gasteiger partial charge in [0.05, 0.1) is 23.7 Å². The molecule has 2 aromatic carbocycles. The number of hydrogen-bond donors (Lipinski definition) is 2. The Morgan fingerprint density at radius 1 is 1.21 bits per heavy atom. The minimum absolute atomic E-state index is 0.0993. The van der Waals surface area contributed by atoms with Crippen molar-refractivity contribution in [3.8, 4) is 0 Å². The molecule has 1 unspecified atom stereocenters. The maximum atomic E-state index is 14.8. The molecule has 1 aliphatic rings. The fourth-order valence-corrected chi connectivity index (χ4v) is 4.48. The lowest BCUT2D eigenvalue weighted by molar-refractivity contribution is -0.0422. The van der Waals surface area contributed by atoms with Crippen LogP contribution in [0.15, 0.2) is 48.5 Å². The molecule has 13 heteroatoms. The fraction of sp³-hybridized carbons (Fsp3) is 0.350. The molecule has 1 amide bonds. The summed E-state index contributed by atoms with van der Waals surface area (Å²) in [5, 5.41) is -0.274. The smallest absolute Gasteiger partial charge is 0.445 e. The van der Waals surface area contributed by atoms with E-state index >= 15 is 0 Å². The summed E-state index contributed by atoms with van der Waals surface area (Å²) in [7, 11) is -5.45. The molecule has 180 valence electrons. The van der Waals surface area contributed by atoms with Crippen molar-refractivity contribution in [2.24, 2.45) is 0 Å². The third-order valence-electron chi connectivity index (χ3n) is 5.10. The molecule has 33 heavy (non-hydrogen) atoms. The van der Waals surface area contributed by atoms with Gasteiger partial charge in [-0.1, -0.05) is 54.1 Å². The lowest BCUT2D eigenvalue weighted by Crippen LogP contribution is -2.52. The first kappa shape index (κ1) is 25.2. The van der Waals surface area contributed by atoms with Crippen LogP contribution in [0, 0.1) is 10.6 Å². The number of amides is 1. The Kier molecular flexibility index (Phi) is 7.49. The van der Waals surface area contributed by atoms with Gasteiger partial charge in [-0.05, 0) is 23.6 Å². The molecule has 2 N–H and O–H groups in total. The normalized spacial score (nSPS) is 22.7. The number of carbonyl (C=O) groups excluding carboxylic acids is 1. The van der Waals surface area contributed by atoms with Crippen LogP contribution < -0.4 is 4.72 Å². The van der Waals surface area contributed by atoms with Gasteiger partial charge < -0.3 is 9.64 Å². The monoisotopic (exact) mass is 511 g/mol. The zero-order chi connectivity index (χ0) is 24.4. The highest BCUT2D eigenvalue weighted by molar-refractivity contribution is 7.91. The highest BCUT2D eigenvalue weighted by atomic mass is 35.5. The Labute approximate surface area is 191 Å². The van der Waals surface area contributed by atoms with Crippen LogP contribution in [-0.4, -0.2) is 45.5 Å². The Morgan fingerprint density at radius 2 is 1.88 bits per heavy atom. The molecule has 6 nitrogen and oxygen atoms in total. The van der Waals surface area contributed by atoms with Crippen molar-refractivity contribution in [2.45, 2.75) is 36.8 Å². The van der Waals surface area contributed by atoms with Crippen molar-refractivity contribution >= 4 is 27.6 Å². The minimum atomic E-state index is -5.49. The van der Waals surface area contributed by atoms with Crippen molar-refractivity contribution in [2.75, 3.05) is 6.54 Å². The quantitative estimate of drug-likeness (QED) is 0.546. The van der Waals surface area contributed by atoms with Crippen molar-refractivity contribution in [1.29, 1.82) is 4.78 Å². The van der Waals surface area contributed by atoms with Crippen LogP contribution in [0.5, 0.6) is 0 Å². The van der Waals surface area contributed by atoms with E-state index in [1.165, 1.54) is 22.9 Å². The zero-order valence-corrected chi connectivity index (χ0v) is 18.4. The number of ether oxygens (including phenoxy) is 1. The summed E-state index contributed by atoms with van der Waals surface area (Å²) in [6.07, 6.45) is -3.64. The van der Waals surface area contributed by atoms with E-state index in [0.717, 1.165) is 4.90 Å². The summed E-state index contributed by atoms with van der Waals surface area (Å²) in [6, 6.07) is 9.05. The molecule has 0 saturated carbocycles. The highest BCUT2D eigenvalue weighted by Gasteiger charge is 2.51. The number of hydrogen-bond acceptors (Lipinski definition) is 4. The van der Waals surface area contributed by atoms with Gasteiger partial charge in [-0.25, -0.2) is 27.3 Å². The van der Waals surface area contributed by atoms with Gasteiger partial charge in [-0.3, -0.25) is 0 Å². The van der Waals surface area contributed by atoms with E-state index < -0.39 is 58.6 Å². The number of rotatable bonds is 6. The second-order valence-electron chi connectivity index (χ2n) is 7.34. The summed E-state index contributed by atoms with van der Waals surface area (Å²) >= 11 is 5.75. The van der Waals surface area contributed by atoms with Crippen LogP contribution in [0.1, 0.15) is 11.1 Å². The lowest BCUT2D eigenvalue weighted by Gasteiger charge is -2.29. The van der Waals surface area contributed by atoms with Crippen molar-refractivity contribution in [1.82, 2.24) is 9.62 Å². The number of nitrogens with one attached hydrogen (secondary N) is 2. The van der Waals surface area contributed by atoms with Gasteiger partial charge in [0.2, 0.25) is 9.92 Å². The number of carbonyl (C=O) groups is 1. The summed E-state index contributed by atoms with van der Waals surface area (Å²) < 4.78 is 94.0. The van der Waals surface area contributed by atoms with Gasteiger partial charge in [0.1, 0.15) is 18.6 Å². The molecule has 1 heterocycles. The number of nitrogens with zero attached hydrogens (tertiary/aromatic N) is 1. The van der Waals surface area contributed by atoms with E-state index in [4.69, 9.17) is 21.1 Å². The third-order valence-corrected chi connectivity index (χ3v) is 6.65. The van der Waals surface area contributed by atoms with Gasteiger partial charge in [0.25, 0.3) is 0 Å². The first-order valence-electron chi connectivity index (χ1n) is 9.57. The van der Waals surface area contributed by atoms with Gasteiger partial charge in [-0.2, -0.15) is 13.2 Å². The average molecular weight is 512 g/mol. The highest BCUT2D eigenvalue weighted by Crippen LogP contribution is 2.31. The Balaban J connectivity index is 1.88. The number of benzene rings is 2. The van der Waals surface area contributed by atoms with Crippen LogP contribution in [0.3, 0.4) is 0 Å². The van der Waals surface area contributed by atoms with E-state index in [1.807, 2.05) is 0 Å². The molecular formula is C20H19ClF5N3O3S. The van der Waals surface area contributed by atoms with Crippen LogP contribution in [0.25, 0.3) is 0 Å². The zero-order valence-electron chi connectivity index (χ0n) is 16.8. The SMILES string of the molecule is N=S(=O)(N[C@H]1[C@@H](F)CN(C(=O)OCc2ccccc2)[C@H]1Cc1cccc(Cl)c1F)C(F)(F)F. The molecule has 1 saturated heterocycles. The predicted molar refractivity (Wildman–Crippen MR) is 111 cm³/mol.